The van der Waals surface area contributed by atoms with Crippen LogP contribution in [0.25, 0.3) is 10.8 Å². The Bertz CT molecular complexity index is 710. The van der Waals surface area contributed by atoms with Crippen LogP contribution in [-0.2, 0) is 6.54 Å². The molecule has 1 heterocycles. The molecule has 3 heteroatoms. The fourth-order valence-electron chi connectivity index (χ4n) is 2.06. The largest absolute Gasteiger partial charge is 0.381 e. The number of anilines is 1. The number of pyridine rings is 1. The van der Waals surface area contributed by atoms with Crippen LogP contribution in [0.5, 0.6) is 0 Å². The second-order valence-corrected chi connectivity index (χ2v) is 4.43. The molecule has 0 bridgehead atoms. The topological polar surface area (TPSA) is 24.9 Å². The number of fused-ring (bicyclic) bond motifs is 1. The van der Waals surface area contributed by atoms with E-state index in [1.54, 1.807) is 6.20 Å². The van der Waals surface area contributed by atoms with Gasteiger partial charge in [0, 0.05) is 18.4 Å². The third-order valence-corrected chi connectivity index (χ3v) is 3.01. The van der Waals surface area contributed by atoms with Gasteiger partial charge in [0.25, 0.3) is 0 Å². The number of benzene rings is 2. The van der Waals surface area contributed by atoms with Crippen LogP contribution < -0.4 is 5.32 Å². The van der Waals surface area contributed by atoms with Crippen LogP contribution in [0.4, 0.5) is 10.1 Å². The summed E-state index contributed by atoms with van der Waals surface area (Å²) in [5, 5.41) is 5.67. The van der Waals surface area contributed by atoms with E-state index in [0.29, 0.717) is 6.54 Å². The molecule has 0 unspecified atom stereocenters. The molecule has 0 aliphatic rings. The third kappa shape index (κ3) is 2.71. The number of hydrogen-bond acceptors (Lipinski definition) is 2. The normalized spacial score (nSPS) is 10.6. The van der Waals surface area contributed by atoms with Gasteiger partial charge in [0.15, 0.2) is 0 Å². The summed E-state index contributed by atoms with van der Waals surface area (Å²) >= 11 is 0. The number of hydrogen-bond donors (Lipinski definition) is 1. The van der Waals surface area contributed by atoms with Gasteiger partial charge in [-0.05, 0) is 34.5 Å². The molecule has 0 amide bonds. The number of nitrogens with one attached hydrogen (secondary N) is 1. The first-order valence-electron chi connectivity index (χ1n) is 6.13. The van der Waals surface area contributed by atoms with Crippen LogP contribution >= 0.6 is 0 Å². The van der Waals surface area contributed by atoms with Crippen LogP contribution in [0, 0.1) is 5.82 Å². The lowest BCUT2D eigenvalue weighted by Crippen LogP contribution is -2.00. The molecule has 0 atom stereocenters. The zero-order valence-electron chi connectivity index (χ0n) is 10.3. The molecule has 2 nitrogen and oxygen atoms in total. The molecular formula is C16H13FN2. The molecule has 0 saturated carbocycles. The number of halogens is 1. The Hall–Kier alpha value is -2.42. The Kier molecular flexibility index (Phi) is 3.11. The van der Waals surface area contributed by atoms with Crippen LogP contribution in [0.1, 0.15) is 5.56 Å². The molecule has 0 aliphatic heterocycles. The zero-order valence-corrected chi connectivity index (χ0v) is 10.3. The summed E-state index contributed by atoms with van der Waals surface area (Å²) in [6, 6.07) is 15.9. The smallest absolute Gasteiger partial charge is 0.141 e. The Labute approximate surface area is 110 Å². The lowest BCUT2D eigenvalue weighted by Gasteiger charge is -2.07. The van der Waals surface area contributed by atoms with E-state index in [1.807, 2.05) is 18.2 Å². The molecule has 94 valence electrons. The molecule has 1 N–H and O–H groups in total. The van der Waals surface area contributed by atoms with Crippen LogP contribution in [0.15, 0.2) is 60.9 Å². The van der Waals surface area contributed by atoms with Crippen molar-refractivity contribution < 1.29 is 4.39 Å². The lowest BCUT2D eigenvalue weighted by atomic mass is 10.1. The maximum Gasteiger partial charge on any atom is 0.141 e. The van der Waals surface area contributed by atoms with E-state index in [4.69, 9.17) is 0 Å². The number of rotatable bonds is 3. The molecule has 1 aromatic heterocycles. The Morgan fingerprint density at radius 3 is 2.63 bits per heavy atom. The summed E-state index contributed by atoms with van der Waals surface area (Å²) in [4.78, 5) is 3.83. The minimum atomic E-state index is -0.308. The highest BCUT2D eigenvalue weighted by Crippen LogP contribution is 2.19. The summed E-state index contributed by atoms with van der Waals surface area (Å²) in [7, 11) is 0. The maximum absolute atomic E-state index is 13.0. The Morgan fingerprint density at radius 2 is 1.79 bits per heavy atom. The maximum atomic E-state index is 13.0. The predicted octanol–water partition coefficient (Wildman–Crippen LogP) is 3.99. The van der Waals surface area contributed by atoms with Crippen molar-refractivity contribution in [1.29, 1.82) is 0 Å². The second kappa shape index (κ2) is 5.06. The summed E-state index contributed by atoms with van der Waals surface area (Å²) in [6.45, 7) is 0.559. The average molecular weight is 252 g/mol. The SMILES string of the molecule is Fc1cncc(CNc2ccc3ccccc3c2)c1. The summed E-state index contributed by atoms with van der Waals surface area (Å²) in [5.74, 6) is -0.308. The fraction of sp³-hybridized carbons (Fsp3) is 0.0625. The zero-order chi connectivity index (χ0) is 13.1. The van der Waals surface area contributed by atoms with Gasteiger partial charge in [-0.25, -0.2) is 4.39 Å². The van der Waals surface area contributed by atoms with Gasteiger partial charge in [-0.15, -0.1) is 0 Å². The molecule has 0 radical (unpaired) electrons. The van der Waals surface area contributed by atoms with Crippen LogP contribution in [0.2, 0.25) is 0 Å². The van der Waals surface area contributed by atoms with Crippen molar-refractivity contribution in [2.24, 2.45) is 0 Å². The van der Waals surface area contributed by atoms with Crippen molar-refractivity contribution in [2.75, 3.05) is 5.32 Å². The minimum absolute atomic E-state index is 0.308. The van der Waals surface area contributed by atoms with Gasteiger partial charge in [-0.3, -0.25) is 4.98 Å². The predicted molar refractivity (Wildman–Crippen MR) is 75.5 cm³/mol. The van der Waals surface area contributed by atoms with Gasteiger partial charge in [0.05, 0.1) is 6.20 Å². The van der Waals surface area contributed by atoms with Crippen molar-refractivity contribution in [3.05, 3.63) is 72.3 Å². The quantitative estimate of drug-likeness (QED) is 0.762. The van der Waals surface area contributed by atoms with Crippen molar-refractivity contribution in [1.82, 2.24) is 4.98 Å². The number of nitrogens with zero attached hydrogens (tertiary/aromatic N) is 1. The van der Waals surface area contributed by atoms with Gasteiger partial charge in [0.2, 0.25) is 0 Å². The molecule has 3 rings (SSSR count). The summed E-state index contributed by atoms with van der Waals surface area (Å²) in [5.41, 5.74) is 1.84. The third-order valence-electron chi connectivity index (χ3n) is 3.01. The minimum Gasteiger partial charge on any atom is -0.381 e. The van der Waals surface area contributed by atoms with Crippen molar-refractivity contribution in [3.63, 3.8) is 0 Å². The molecular weight excluding hydrogens is 239 g/mol. The molecule has 3 aromatic rings. The average Bonchev–Trinajstić information content (AvgIpc) is 2.45. The van der Waals surface area contributed by atoms with Gasteiger partial charge in [0.1, 0.15) is 5.82 Å². The van der Waals surface area contributed by atoms with Gasteiger partial charge < -0.3 is 5.32 Å². The first kappa shape index (κ1) is 11.7. The van der Waals surface area contributed by atoms with E-state index in [0.717, 1.165) is 11.3 Å². The van der Waals surface area contributed by atoms with Crippen LogP contribution in [0.3, 0.4) is 0 Å². The van der Waals surface area contributed by atoms with E-state index in [9.17, 15) is 4.39 Å². The fourth-order valence-corrected chi connectivity index (χ4v) is 2.06. The Balaban J connectivity index is 1.78. The molecule has 19 heavy (non-hydrogen) atoms. The summed E-state index contributed by atoms with van der Waals surface area (Å²) < 4.78 is 13.0. The first-order chi connectivity index (χ1) is 9.31. The lowest BCUT2D eigenvalue weighted by molar-refractivity contribution is 0.619. The van der Waals surface area contributed by atoms with Gasteiger partial charge in [-0.2, -0.15) is 0 Å². The van der Waals surface area contributed by atoms with Gasteiger partial charge >= 0.3 is 0 Å². The van der Waals surface area contributed by atoms with Crippen molar-refractivity contribution in [3.8, 4) is 0 Å². The highest BCUT2D eigenvalue weighted by atomic mass is 19.1. The number of aromatic nitrogens is 1. The molecule has 2 aromatic carbocycles. The van der Waals surface area contributed by atoms with Gasteiger partial charge in [-0.1, -0.05) is 30.3 Å². The molecule has 0 aliphatic carbocycles. The van der Waals surface area contributed by atoms with E-state index in [-0.39, 0.29) is 5.82 Å². The van der Waals surface area contributed by atoms with E-state index < -0.39 is 0 Å². The highest BCUT2D eigenvalue weighted by molar-refractivity contribution is 5.85. The van der Waals surface area contributed by atoms with Crippen molar-refractivity contribution in [2.45, 2.75) is 6.54 Å². The van der Waals surface area contributed by atoms with E-state index >= 15 is 0 Å². The van der Waals surface area contributed by atoms with Crippen LogP contribution in [-0.4, -0.2) is 4.98 Å². The standard InChI is InChI=1S/C16H13FN2/c17-15-7-12(9-18-11-15)10-19-16-6-5-13-3-1-2-4-14(13)8-16/h1-9,11,19H,10H2. The first-order valence-corrected chi connectivity index (χ1v) is 6.13. The Morgan fingerprint density at radius 1 is 0.947 bits per heavy atom. The molecule has 0 fully saturated rings. The molecule has 0 saturated heterocycles. The van der Waals surface area contributed by atoms with E-state index in [2.05, 4.69) is 34.6 Å². The monoisotopic (exact) mass is 252 g/mol. The van der Waals surface area contributed by atoms with E-state index in [1.165, 1.54) is 23.0 Å². The highest BCUT2D eigenvalue weighted by Gasteiger charge is 1.98. The molecule has 0 spiro atoms. The van der Waals surface area contributed by atoms with Crippen molar-refractivity contribution >= 4 is 16.5 Å². The summed E-state index contributed by atoms with van der Waals surface area (Å²) in [6.07, 6.45) is 2.87. The second-order valence-electron chi connectivity index (χ2n) is 4.43.